The lowest BCUT2D eigenvalue weighted by molar-refractivity contribution is -0.138. The molecule has 0 bridgehead atoms. The quantitative estimate of drug-likeness (QED) is 0.707. The number of ether oxygens (including phenoxy) is 1. The van der Waals surface area contributed by atoms with Gasteiger partial charge in [0.2, 0.25) is 11.8 Å². The predicted octanol–water partition coefficient (Wildman–Crippen LogP) is 1.62. The molecule has 0 saturated carbocycles. The Morgan fingerprint density at radius 2 is 1.97 bits per heavy atom. The molecule has 2 aromatic carbocycles. The number of para-hydroxylation sites is 1. The third-order valence-electron chi connectivity index (χ3n) is 4.93. The summed E-state index contributed by atoms with van der Waals surface area (Å²) in [5, 5.41) is 11.9. The molecule has 1 aliphatic heterocycles. The number of rotatable bonds is 8. The Morgan fingerprint density at radius 1 is 1.21 bits per heavy atom. The molecule has 2 N–H and O–H groups in total. The van der Waals surface area contributed by atoms with Gasteiger partial charge in [-0.25, -0.2) is 0 Å². The average molecular weight is 397 g/mol. The van der Waals surface area contributed by atoms with Gasteiger partial charge < -0.3 is 20.1 Å². The Hall–Kier alpha value is -2.90. The number of likely N-dealkylation sites (N-methyl/N-ethyl adjacent to an activating group) is 1. The van der Waals surface area contributed by atoms with Gasteiger partial charge in [0.25, 0.3) is 0 Å². The van der Waals surface area contributed by atoms with E-state index in [1.165, 1.54) is 4.90 Å². The summed E-state index contributed by atoms with van der Waals surface area (Å²) >= 11 is 0. The van der Waals surface area contributed by atoms with Crippen LogP contribution in [0.5, 0.6) is 11.5 Å². The van der Waals surface area contributed by atoms with Gasteiger partial charge in [0.1, 0.15) is 11.5 Å². The first-order chi connectivity index (χ1) is 14.1. The van der Waals surface area contributed by atoms with E-state index in [1.54, 1.807) is 7.05 Å². The smallest absolute Gasteiger partial charge is 0.237 e. The summed E-state index contributed by atoms with van der Waals surface area (Å²) in [7, 11) is 1.63. The Balaban J connectivity index is 1.69. The van der Waals surface area contributed by atoms with Crippen LogP contribution in [0.3, 0.4) is 0 Å². The van der Waals surface area contributed by atoms with Crippen molar-refractivity contribution in [2.75, 3.05) is 33.3 Å². The van der Waals surface area contributed by atoms with E-state index < -0.39 is 6.04 Å². The van der Waals surface area contributed by atoms with Gasteiger partial charge in [-0.2, -0.15) is 0 Å². The van der Waals surface area contributed by atoms with Gasteiger partial charge in [-0.3, -0.25) is 14.5 Å². The topological polar surface area (TPSA) is 82.1 Å². The van der Waals surface area contributed by atoms with E-state index in [4.69, 9.17) is 9.84 Å². The molecule has 29 heavy (non-hydrogen) atoms. The lowest BCUT2D eigenvalue weighted by Gasteiger charge is -2.35. The number of nitrogens with one attached hydrogen (secondary N) is 1. The first-order valence-corrected chi connectivity index (χ1v) is 9.75. The second kappa shape index (κ2) is 10.0. The predicted molar refractivity (Wildman–Crippen MR) is 110 cm³/mol. The van der Waals surface area contributed by atoms with Crippen LogP contribution in [0, 0.1) is 0 Å². The van der Waals surface area contributed by atoms with Crippen LogP contribution in [0.1, 0.15) is 12.0 Å². The van der Waals surface area contributed by atoms with Gasteiger partial charge >= 0.3 is 0 Å². The highest BCUT2D eigenvalue weighted by Crippen LogP contribution is 2.23. The number of hydrogen-bond acceptors (Lipinski definition) is 5. The van der Waals surface area contributed by atoms with Crippen molar-refractivity contribution in [3.8, 4) is 11.5 Å². The molecule has 0 aromatic heterocycles. The van der Waals surface area contributed by atoms with Crippen molar-refractivity contribution in [3.05, 3.63) is 60.2 Å². The van der Waals surface area contributed by atoms with Gasteiger partial charge in [-0.1, -0.05) is 30.3 Å². The highest BCUT2D eigenvalue weighted by molar-refractivity contribution is 5.88. The molecular weight excluding hydrogens is 370 g/mol. The lowest BCUT2D eigenvalue weighted by atomic mass is 10.1. The maximum Gasteiger partial charge on any atom is 0.237 e. The largest absolute Gasteiger partial charge is 0.457 e. The molecule has 2 amide bonds. The molecule has 7 heteroatoms. The van der Waals surface area contributed by atoms with E-state index >= 15 is 0 Å². The number of hydrogen-bond donors (Lipinski definition) is 2. The number of carbonyl (C=O) groups excluding carboxylic acids is 2. The summed E-state index contributed by atoms with van der Waals surface area (Å²) in [6.45, 7) is 1.91. The maximum absolute atomic E-state index is 12.4. The summed E-state index contributed by atoms with van der Waals surface area (Å²) in [4.78, 5) is 28.3. The van der Waals surface area contributed by atoms with Crippen molar-refractivity contribution >= 4 is 11.8 Å². The van der Waals surface area contributed by atoms with E-state index in [0.717, 1.165) is 17.1 Å². The van der Waals surface area contributed by atoms with E-state index in [0.29, 0.717) is 19.6 Å². The number of nitrogens with zero attached hydrogens (tertiary/aromatic N) is 2. The third-order valence-corrected chi connectivity index (χ3v) is 4.93. The Kier molecular flexibility index (Phi) is 7.21. The van der Waals surface area contributed by atoms with Crippen molar-refractivity contribution in [3.63, 3.8) is 0 Å². The van der Waals surface area contributed by atoms with Crippen LogP contribution in [-0.2, 0) is 16.1 Å². The number of benzene rings is 2. The Bertz CT molecular complexity index is 828. The van der Waals surface area contributed by atoms with Crippen LogP contribution in [0.15, 0.2) is 54.6 Å². The third kappa shape index (κ3) is 5.79. The monoisotopic (exact) mass is 397 g/mol. The fourth-order valence-corrected chi connectivity index (χ4v) is 3.34. The molecule has 0 aliphatic carbocycles. The zero-order valence-electron chi connectivity index (χ0n) is 16.6. The molecule has 1 atom stereocenters. The Labute approximate surface area is 170 Å². The minimum absolute atomic E-state index is 0.0859. The highest BCUT2D eigenvalue weighted by Gasteiger charge is 2.32. The molecule has 0 radical (unpaired) electrons. The molecule has 1 fully saturated rings. The van der Waals surface area contributed by atoms with Crippen molar-refractivity contribution in [1.82, 2.24) is 15.1 Å². The van der Waals surface area contributed by atoms with Gasteiger partial charge in [-0.05, 0) is 29.8 Å². The van der Waals surface area contributed by atoms with Crippen LogP contribution in [0.2, 0.25) is 0 Å². The number of carbonyl (C=O) groups is 2. The van der Waals surface area contributed by atoms with Crippen molar-refractivity contribution < 1.29 is 19.4 Å². The first kappa shape index (κ1) is 20.8. The summed E-state index contributed by atoms with van der Waals surface area (Å²) in [5.41, 5.74) is 1.01. The molecule has 1 aliphatic rings. The average Bonchev–Trinajstić information content (AvgIpc) is 2.72. The van der Waals surface area contributed by atoms with Crippen LogP contribution in [0.25, 0.3) is 0 Å². The summed E-state index contributed by atoms with van der Waals surface area (Å²) < 4.78 is 5.90. The fourth-order valence-electron chi connectivity index (χ4n) is 3.34. The number of piperazine rings is 1. The van der Waals surface area contributed by atoms with Crippen LogP contribution in [0.4, 0.5) is 0 Å². The van der Waals surface area contributed by atoms with E-state index in [1.807, 2.05) is 59.5 Å². The van der Waals surface area contributed by atoms with Crippen LogP contribution < -0.4 is 10.1 Å². The van der Waals surface area contributed by atoms with Gasteiger partial charge in [-0.15, -0.1) is 0 Å². The van der Waals surface area contributed by atoms with E-state index in [-0.39, 0.29) is 31.4 Å². The molecule has 0 spiro atoms. The number of aliphatic hydroxyl groups excluding tert-OH is 1. The first-order valence-electron chi connectivity index (χ1n) is 9.75. The Morgan fingerprint density at radius 3 is 2.72 bits per heavy atom. The zero-order chi connectivity index (χ0) is 20.6. The van der Waals surface area contributed by atoms with Crippen LogP contribution in [-0.4, -0.2) is 66.1 Å². The zero-order valence-corrected chi connectivity index (χ0v) is 16.6. The molecule has 2 aromatic rings. The summed E-state index contributed by atoms with van der Waals surface area (Å²) in [5.74, 6) is 1.19. The van der Waals surface area contributed by atoms with E-state index in [9.17, 15) is 9.59 Å². The molecule has 1 saturated heterocycles. The van der Waals surface area contributed by atoms with E-state index in [2.05, 4.69) is 5.32 Å². The SMILES string of the molecule is CN(CCO)C(=O)C[C@@H]1C(=O)NCCN1Cc1cccc(Oc2ccccc2)c1. The van der Waals surface area contributed by atoms with Crippen molar-refractivity contribution in [2.45, 2.75) is 19.0 Å². The fraction of sp³-hybridized carbons (Fsp3) is 0.364. The lowest BCUT2D eigenvalue weighted by Crippen LogP contribution is -2.56. The van der Waals surface area contributed by atoms with Gasteiger partial charge in [0.05, 0.1) is 19.1 Å². The molecule has 1 heterocycles. The molecule has 7 nitrogen and oxygen atoms in total. The number of aliphatic hydroxyl groups is 1. The second-order valence-electron chi connectivity index (χ2n) is 7.08. The van der Waals surface area contributed by atoms with Crippen molar-refractivity contribution in [2.24, 2.45) is 0 Å². The summed E-state index contributed by atoms with van der Waals surface area (Å²) in [6, 6.07) is 16.8. The molecular formula is C22H27N3O4. The van der Waals surface area contributed by atoms with Gasteiger partial charge in [0.15, 0.2) is 0 Å². The second-order valence-corrected chi connectivity index (χ2v) is 7.08. The van der Waals surface area contributed by atoms with Crippen molar-refractivity contribution in [1.29, 1.82) is 0 Å². The molecule has 0 unspecified atom stereocenters. The van der Waals surface area contributed by atoms with Crippen LogP contribution >= 0.6 is 0 Å². The maximum atomic E-state index is 12.4. The van der Waals surface area contributed by atoms with Gasteiger partial charge in [0, 0.05) is 33.2 Å². The standard InChI is InChI=1S/C22H27N3O4/c1-24(12-13-26)21(27)15-20-22(28)23-10-11-25(20)16-17-6-5-9-19(14-17)29-18-7-3-2-4-8-18/h2-9,14,20,26H,10-13,15-16H2,1H3,(H,23,28)/t20-/m1/s1. The normalized spacial score (nSPS) is 16.9. The summed E-state index contributed by atoms with van der Waals surface area (Å²) in [6.07, 6.45) is 0.0859. The molecule has 3 rings (SSSR count). The highest BCUT2D eigenvalue weighted by atomic mass is 16.5. The minimum Gasteiger partial charge on any atom is -0.457 e. The number of amides is 2. The minimum atomic E-state index is -0.531. The molecule has 154 valence electrons.